The molecule has 0 radical (unpaired) electrons. The third-order valence-corrected chi connectivity index (χ3v) is 7.40. The van der Waals surface area contributed by atoms with Crippen molar-refractivity contribution in [3.05, 3.63) is 88.9 Å². The van der Waals surface area contributed by atoms with Crippen LogP contribution in [0.1, 0.15) is 30.5 Å². The molecule has 174 valence electrons. The van der Waals surface area contributed by atoms with Crippen LogP contribution < -0.4 is 14.4 Å². The lowest BCUT2D eigenvalue weighted by atomic mass is 10.0. The molecular formula is C25H27ClN2O4S. The molecule has 0 aliphatic heterocycles. The van der Waals surface area contributed by atoms with Crippen LogP contribution in [0.4, 0.5) is 5.69 Å². The van der Waals surface area contributed by atoms with Crippen molar-refractivity contribution in [3.8, 4) is 5.75 Å². The molecule has 0 aromatic heterocycles. The van der Waals surface area contributed by atoms with Gasteiger partial charge >= 0.3 is 0 Å². The van der Waals surface area contributed by atoms with Crippen LogP contribution in [0.25, 0.3) is 0 Å². The third kappa shape index (κ3) is 5.67. The standard InChI is InChI=1S/C25H27ClN2O4S/c1-4-22(19-14-15-24(32-3)18(2)16-19)27-25(29)17-28(23-13-9-8-12-21(23)26)33(30,31)20-10-6-5-7-11-20/h5-16,22H,4,17H2,1-3H3,(H,27,29)/t22-/m0/s1. The number of halogens is 1. The minimum atomic E-state index is -4.02. The van der Waals surface area contributed by atoms with Gasteiger partial charge in [0.1, 0.15) is 12.3 Å². The van der Waals surface area contributed by atoms with Gasteiger partial charge in [0.15, 0.2) is 0 Å². The Morgan fingerprint density at radius 2 is 1.73 bits per heavy atom. The molecule has 1 amide bonds. The minimum absolute atomic E-state index is 0.0792. The zero-order valence-electron chi connectivity index (χ0n) is 18.8. The molecule has 0 aliphatic rings. The largest absolute Gasteiger partial charge is 0.496 e. The van der Waals surface area contributed by atoms with Gasteiger partial charge in [0.05, 0.1) is 28.8 Å². The van der Waals surface area contributed by atoms with E-state index in [4.69, 9.17) is 16.3 Å². The highest BCUT2D eigenvalue weighted by Crippen LogP contribution is 2.30. The Labute approximate surface area is 200 Å². The van der Waals surface area contributed by atoms with E-state index in [1.165, 1.54) is 12.1 Å². The molecule has 0 saturated heterocycles. The van der Waals surface area contributed by atoms with Crippen molar-refractivity contribution in [2.24, 2.45) is 0 Å². The Bertz CT molecular complexity index is 1220. The van der Waals surface area contributed by atoms with Gasteiger partial charge in [0.25, 0.3) is 10.0 Å². The van der Waals surface area contributed by atoms with Gasteiger partial charge in [-0.3, -0.25) is 9.10 Å². The molecule has 1 atom stereocenters. The normalized spacial score (nSPS) is 12.1. The molecule has 8 heteroatoms. The summed E-state index contributed by atoms with van der Waals surface area (Å²) in [6.45, 7) is 3.48. The number of anilines is 1. The van der Waals surface area contributed by atoms with Crippen molar-refractivity contribution in [2.75, 3.05) is 18.0 Å². The molecule has 33 heavy (non-hydrogen) atoms. The second kappa shape index (κ2) is 10.7. The van der Waals surface area contributed by atoms with E-state index in [0.717, 1.165) is 21.2 Å². The molecular weight excluding hydrogens is 460 g/mol. The van der Waals surface area contributed by atoms with Crippen LogP contribution in [-0.2, 0) is 14.8 Å². The van der Waals surface area contributed by atoms with Crippen molar-refractivity contribution in [2.45, 2.75) is 31.2 Å². The van der Waals surface area contributed by atoms with Crippen molar-refractivity contribution in [1.82, 2.24) is 5.32 Å². The quantitative estimate of drug-likeness (QED) is 0.455. The van der Waals surface area contributed by atoms with E-state index < -0.39 is 22.5 Å². The summed E-state index contributed by atoms with van der Waals surface area (Å²) >= 11 is 6.32. The molecule has 3 aromatic carbocycles. The van der Waals surface area contributed by atoms with Gasteiger partial charge < -0.3 is 10.1 Å². The van der Waals surface area contributed by atoms with Crippen LogP contribution in [0.2, 0.25) is 5.02 Å². The van der Waals surface area contributed by atoms with E-state index >= 15 is 0 Å². The lowest BCUT2D eigenvalue weighted by Gasteiger charge is -2.26. The van der Waals surface area contributed by atoms with Crippen LogP contribution >= 0.6 is 11.6 Å². The van der Waals surface area contributed by atoms with E-state index in [1.807, 2.05) is 32.0 Å². The van der Waals surface area contributed by atoms with Crippen LogP contribution in [-0.4, -0.2) is 28.0 Å². The fourth-order valence-electron chi connectivity index (χ4n) is 3.58. The topological polar surface area (TPSA) is 75.7 Å². The fraction of sp³-hybridized carbons (Fsp3) is 0.240. The highest BCUT2D eigenvalue weighted by Gasteiger charge is 2.29. The van der Waals surface area contributed by atoms with Crippen molar-refractivity contribution < 1.29 is 17.9 Å². The van der Waals surface area contributed by atoms with E-state index in [1.54, 1.807) is 49.6 Å². The molecule has 0 aliphatic carbocycles. The Hall–Kier alpha value is -3.03. The van der Waals surface area contributed by atoms with Crippen molar-refractivity contribution >= 4 is 33.2 Å². The maximum absolute atomic E-state index is 13.4. The van der Waals surface area contributed by atoms with Crippen LogP contribution in [0, 0.1) is 6.92 Å². The number of para-hydroxylation sites is 1. The van der Waals surface area contributed by atoms with Gasteiger partial charge in [-0.25, -0.2) is 8.42 Å². The Balaban J connectivity index is 1.90. The van der Waals surface area contributed by atoms with E-state index in [0.29, 0.717) is 6.42 Å². The SMILES string of the molecule is CC[C@H](NC(=O)CN(c1ccccc1Cl)S(=O)(=O)c1ccccc1)c1ccc(OC)c(C)c1. The van der Waals surface area contributed by atoms with Gasteiger partial charge in [0, 0.05) is 0 Å². The Kier molecular flexibility index (Phi) is 8.00. The molecule has 3 aromatic rings. The molecule has 0 bridgehead atoms. The highest BCUT2D eigenvalue weighted by molar-refractivity contribution is 7.92. The summed E-state index contributed by atoms with van der Waals surface area (Å²) < 4.78 is 33.2. The van der Waals surface area contributed by atoms with Gasteiger partial charge in [-0.1, -0.05) is 61.0 Å². The fourth-order valence-corrected chi connectivity index (χ4v) is 5.33. The van der Waals surface area contributed by atoms with E-state index in [-0.39, 0.29) is 21.6 Å². The second-order valence-corrected chi connectivity index (χ2v) is 9.80. The summed E-state index contributed by atoms with van der Waals surface area (Å²) in [7, 11) is -2.41. The first-order valence-corrected chi connectivity index (χ1v) is 12.4. The number of rotatable bonds is 9. The first-order chi connectivity index (χ1) is 15.8. The van der Waals surface area contributed by atoms with Crippen LogP contribution in [0.3, 0.4) is 0 Å². The predicted molar refractivity (Wildman–Crippen MR) is 131 cm³/mol. The van der Waals surface area contributed by atoms with Crippen LogP contribution in [0.15, 0.2) is 77.7 Å². The lowest BCUT2D eigenvalue weighted by molar-refractivity contribution is -0.120. The summed E-state index contributed by atoms with van der Waals surface area (Å²) in [6, 6.07) is 20.0. The molecule has 0 unspecified atom stereocenters. The number of benzene rings is 3. The molecule has 0 saturated carbocycles. The van der Waals surface area contributed by atoms with E-state index in [9.17, 15) is 13.2 Å². The smallest absolute Gasteiger partial charge is 0.264 e. The maximum atomic E-state index is 13.4. The van der Waals surface area contributed by atoms with Gasteiger partial charge in [-0.15, -0.1) is 0 Å². The number of nitrogens with zero attached hydrogens (tertiary/aromatic N) is 1. The number of hydrogen-bond acceptors (Lipinski definition) is 4. The second-order valence-electron chi connectivity index (χ2n) is 7.53. The molecule has 0 heterocycles. The summed E-state index contributed by atoms with van der Waals surface area (Å²) in [5, 5.41) is 3.20. The number of carbonyl (C=O) groups excluding carboxylic acids is 1. The Morgan fingerprint density at radius 1 is 1.06 bits per heavy atom. The maximum Gasteiger partial charge on any atom is 0.264 e. The monoisotopic (exact) mass is 486 g/mol. The molecule has 1 N–H and O–H groups in total. The summed E-state index contributed by atoms with van der Waals surface area (Å²) in [5.74, 6) is 0.327. The van der Waals surface area contributed by atoms with Gasteiger partial charge in [-0.2, -0.15) is 0 Å². The summed E-state index contributed by atoms with van der Waals surface area (Å²) in [5.41, 5.74) is 2.11. The van der Waals surface area contributed by atoms with Gasteiger partial charge in [0.2, 0.25) is 5.91 Å². The first-order valence-electron chi connectivity index (χ1n) is 10.5. The first kappa shape index (κ1) is 24.6. The number of aryl methyl sites for hydroxylation is 1. The summed E-state index contributed by atoms with van der Waals surface area (Å²) in [6.07, 6.45) is 0.634. The summed E-state index contributed by atoms with van der Waals surface area (Å²) in [4.78, 5) is 13.2. The third-order valence-electron chi connectivity index (χ3n) is 5.30. The molecule has 6 nitrogen and oxygen atoms in total. The Morgan fingerprint density at radius 3 is 2.33 bits per heavy atom. The number of methoxy groups -OCH3 is 1. The number of hydrogen-bond donors (Lipinski definition) is 1. The minimum Gasteiger partial charge on any atom is -0.496 e. The van der Waals surface area contributed by atoms with Crippen molar-refractivity contribution in [3.63, 3.8) is 0 Å². The average Bonchev–Trinajstić information content (AvgIpc) is 2.82. The zero-order valence-corrected chi connectivity index (χ0v) is 20.4. The van der Waals surface area contributed by atoms with Gasteiger partial charge in [-0.05, 0) is 54.8 Å². The zero-order chi connectivity index (χ0) is 24.0. The van der Waals surface area contributed by atoms with Crippen LogP contribution in [0.5, 0.6) is 5.75 Å². The molecule has 0 spiro atoms. The number of sulfonamides is 1. The number of ether oxygens (including phenoxy) is 1. The van der Waals surface area contributed by atoms with E-state index in [2.05, 4.69) is 5.32 Å². The number of nitrogens with one attached hydrogen (secondary N) is 1. The molecule has 0 fully saturated rings. The average molecular weight is 487 g/mol. The van der Waals surface area contributed by atoms with Crippen molar-refractivity contribution in [1.29, 1.82) is 0 Å². The number of carbonyl (C=O) groups is 1. The highest BCUT2D eigenvalue weighted by atomic mass is 35.5. The predicted octanol–water partition coefficient (Wildman–Crippen LogP) is 5.12. The molecule has 3 rings (SSSR count). The lowest BCUT2D eigenvalue weighted by Crippen LogP contribution is -2.42. The number of amides is 1.